The van der Waals surface area contributed by atoms with Crippen molar-refractivity contribution in [3.8, 4) is 5.88 Å². The Bertz CT molecular complexity index is 1100. The van der Waals surface area contributed by atoms with Gasteiger partial charge in [0, 0.05) is 44.2 Å². The van der Waals surface area contributed by atoms with E-state index in [4.69, 9.17) is 4.74 Å². The number of para-hydroxylation sites is 1. The van der Waals surface area contributed by atoms with Crippen LogP contribution in [0.1, 0.15) is 23.6 Å². The molecular formula is C29H31N3O. The third kappa shape index (κ3) is 5.41. The van der Waals surface area contributed by atoms with Crippen LogP contribution in [0.2, 0.25) is 0 Å². The van der Waals surface area contributed by atoms with Crippen LogP contribution in [0.25, 0.3) is 10.9 Å². The Balaban J connectivity index is 1.12. The van der Waals surface area contributed by atoms with E-state index in [9.17, 15) is 0 Å². The van der Waals surface area contributed by atoms with Crippen molar-refractivity contribution in [2.75, 3.05) is 39.3 Å². The van der Waals surface area contributed by atoms with Gasteiger partial charge >= 0.3 is 0 Å². The molecule has 0 atom stereocenters. The van der Waals surface area contributed by atoms with Gasteiger partial charge in [-0.3, -0.25) is 4.90 Å². The molecule has 0 radical (unpaired) electrons. The van der Waals surface area contributed by atoms with Gasteiger partial charge in [-0.05, 0) is 29.7 Å². The largest absolute Gasteiger partial charge is 0.478 e. The normalized spacial score (nSPS) is 15.2. The number of aromatic nitrogens is 1. The van der Waals surface area contributed by atoms with Crippen molar-refractivity contribution < 1.29 is 4.74 Å². The maximum absolute atomic E-state index is 5.93. The lowest BCUT2D eigenvalue weighted by molar-refractivity contribution is 0.105. The summed E-state index contributed by atoms with van der Waals surface area (Å²) in [7, 11) is 0. The molecule has 168 valence electrons. The van der Waals surface area contributed by atoms with E-state index in [1.807, 2.05) is 24.3 Å². The van der Waals surface area contributed by atoms with Gasteiger partial charge in [-0.1, -0.05) is 78.9 Å². The van der Waals surface area contributed by atoms with Gasteiger partial charge in [0.15, 0.2) is 0 Å². The second-order valence-electron chi connectivity index (χ2n) is 8.65. The molecule has 0 unspecified atom stereocenters. The Hall–Kier alpha value is -3.21. The summed E-state index contributed by atoms with van der Waals surface area (Å²) in [5, 5.41) is 1.15. The van der Waals surface area contributed by atoms with Crippen LogP contribution in [0.3, 0.4) is 0 Å². The van der Waals surface area contributed by atoms with Crippen LogP contribution in [0.5, 0.6) is 5.88 Å². The van der Waals surface area contributed by atoms with Crippen LogP contribution in [-0.2, 0) is 0 Å². The van der Waals surface area contributed by atoms with E-state index in [1.165, 1.54) is 11.1 Å². The molecule has 0 bridgehead atoms. The van der Waals surface area contributed by atoms with Crippen LogP contribution in [0.4, 0.5) is 0 Å². The average Bonchev–Trinajstić information content (AvgIpc) is 2.89. The minimum atomic E-state index is 0.317. The summed E-state index contributed by atoms with van der Waals surface area (Å²) < 4.78 is 5.93. The van der Waals surface area contributed by atoms with Crippen molar-refractivity contribution in [2.45, 2.75) is 12.5 Å². The first-order valence-electron chi connectivity index (χ1n) is 11.9. The highest BCUT2D eigenvalue weighted by Crippen LogP contribution is 2.29. The first-order valence-corrected chi connectivity index (χ1v) is 11.9. The van der Waals surface area contributed by atoms with Crippen LogP contribution in [-0.4, -0.2) is 54.1 Å². The molecular weight excluding hydrogens is 406 g/mol. The first kappa shape index (κ1) is 21.6. The summed E-state index contributed by atoms with van der Waals surface area (Å²) in [4.78, 5) is 9.78. The third-order valence-electron chi connectivity index (χ3n) is 6.44. The molecule has 0 amide bonds. The summed E-state index contributed by atoms with van der Waals surface area (Å²) in [5.41, 5.74) is 3.72. The van der Waals surface area contributed by atoms with E-state index in [-0.39, 0.29) is 0 Å². The molecule has 5 rings (SSSR count). The van der Waals surface area contributed by atoms with Crippen LogP contribution in [0.15, 0.2) is 97.1 Å². The van der Waals surface area contributed by atoms with Gasteiger partial charge in [0.2, 0.25) is 5.88 Å². The zero-order chi connectivity index (χ0) is 22.3. The Morgan fingerprint density at radius 1 is 0.697 bits per heavy atom. The highest BCUT2D eigenvalue weighted by atomic mass is 16.5. The lowest BCUT2D eigenvalue weighted by Crippen LogP contribution is -2.48. The van der Waals surface area contributed by atoms with Gasteiger partial charge in [-0.2, -0.15) is 0 Å². The van der Waals surface area contributed by atoms with Gasteiger partial charge in [-0.15, -0.1) is 0 Å². The van der Waals surface area contributed by atoms with Gasteiger partial charge < -0.3 is 9.64 Å². The number of pyridine rings is 1. The monoisotopic (exact) mass is 437 g/mol. The van der Waals surface area contributed by atoms with Crippen molar-refractivity contribution in [3.05, 3.63) is 108 Å². The fourth-order valence-corrected chi connectivity index (χ4v) is 4.72. The molecule has 0 N–H and O–H groups in total. The second-order valence-corrected chi connectivity index (χ2v) is 8.65. The van der Waals surface area contributed by atoms with Gasteiger partial charge in [0.25, 0.3) is 0 Å². The Morgan fingerprint density at radius 2 is 1.33 bits per heavy atom. The minimum absolute atomic E-state index is 0.317. The molecule has 33 heavy (non-hydrogen) atoms. The molecule has 1 saturated heterocycles. The summed E-state index contributed by atoms with van der Waals surface area (Å²) >= 11 is 0. The molecule has 0 aliphatic carbocycles. The van der Waals surface area contributed by atoms with Crippen molar-refractivity contribution in [1.29, 1.82) is 0 Å². The number of piperazine rings is 1. The molecule has 4 nitrogen and oxygen atoms in total. The van der Waals surface area contributed by atoms with Crippen molar-refractivity contribution in [3.63, 3.8) is 0 Å². The molecule has 1 aromatic heterocycles. The fraction of sp³-hybridized carbons (Fsp3) is 0.276. The number of nitrogens with zero attached hydrogens (tertiary/aromatic N) is 3. The zero-order valence-corrected chi connectivity index (χ0v) is 19.0. The highest BCUT2D eigenvalue weighted by Gasteiger charge is 2.26. The first-order chi connectivity index (χ1) is 16.4. The Labute approximate surface area is 196 Å². The number of hydrogen-bond acceptors (Lipinski definition) is 4. The lowest BCUT2D eigenvalue weighted by Gasteiger charge is -2.39. The second kappa shape index (κ2) is 10.6. The van der Waals surface area contributed by atoms with Crippen molar-refractivity contribution >= 4 is 10.9 Å². The van der Waals surface area contributed by atoms with Crippen molar-refractivity contribution in [2.24, 2.45) is 0 Å². The van der Waals surface area contributed by atoms with Crippen LogP contribution < -0.4 is 4.74 Å². The maximum atomic E-state index is 5.93. The number of fused-ring (bicyclic) bond motifs is 1. The highest BCUT2D eigenvalue weighted by molar-refractivity contribution is 5.78. The molecule has 0 spiro atoms. The standard InChI is InChI=1S/C29H31N3O/c1-3-11-25(12-4-1)29(26-13-5-2-6-14-26)32-21-19-31(20-22-32)18-9-23-33-28-17-16-24-10-7-8-15-27(24)30-28/h1-8,10-17,29H,9,18-23H2. The average molecular weight is 438 g/mol. The Kier molecular flexibility index (Phi) is 6.95. The smallest absolute Gasteiger partial charge is 0.213 e. The molecule has 4 heteroatoms. The summed E-state index contributed by atoms with van der Waals surface area (Å²) in [5.74, 6) is 0.715. The molecule has 0 saturated carbocycles. The van der Waals surface area contributed by atoms with E-state index < -0.39 is 0 Å². The van der Waals surface area contributed by atoms with E-state index in [0.29, 0.717) is 18.5 Å². The SMILES string of the molecule is c1ccc(C(c2ccccc2)N2CCN(CCCOc3ccc4ccccc4n3)CC2)cc1. The number of benzene rings is 3. The molecule has 2 heterocycles. The van der Waals surface area contributed by atoms with Gasteiger partial charge in [-0.25, -0.2) is 4.98 Å². The Morgan fingerprint density at radius 3 is 2.03 bits per heavy atom. The summed E-state index contributed by atoms with van der Waals surface area (Å²) in [6.07, 6.45) is 1.01. The fourth-order valence-electron chi connectivity index (χ4n) is 4.72. The van der Waals surface area contributed by atoms with Crippen LogP contribution in [0, 0.1) is 0 Å². The van der Waals surface area contributed by atoms with Crippen LogP contribution >= 0.6 is 0 Å². The predicted molar refractivity (Wildman–Crippen MR) is 135 cm³/mol. The van der Waals surface area contributed by atoms with Gasteiger partial charge in [0.05, 0.1) is 18.2 Å². The maximum Gasteiger partial charge on any atom is 0.213 e. The summed E-state index contributed by atoms with van der Waals surface area (Å²) in [6, 6.07) is 34.3. The zero-order valence-electron chi connectivity index (χ0n) is 19.0. The van der Waals surface area contributed by atoms with Crippen molar-refractivity contribution in [1.82, 2.24) is 14.8 Å². The quantitative estimate of drug-likeness (QED) is 0.345. The summed E-state index contributed by atoms with van der Waals surface area (Å²) in [6.45, 7) is 6.07. The predicted octanol–water partition coefficient (Wildman–Crippen LogP) is 5.41. The van der Waals surface area contributed by atoms with Gasteiger partial charge in [0.1, 0.15) is 0 Å². The molecule has 1 fully saturated rings. The van der Waals surface area contributed by atoms with E-state index >= 15 is 0 Å². The lowest BCUT2D eigenvalue weighted by atomic mass is 9.96. The third-order valence-corrected chi connectivity index (χ3v) is 6.44. The molecule has 1 aliphatic rings. The number of hydrogen-bond donors (Lipinski definition) is 0. The van der Waals surface area contributed by atoms with E-state index in [1.54, 1.807) is 0 Å². The van der Waals surface area contributed by atoms with E-state index in [2.05, 4.69) is 87.6 Å². The molecule has 1 aliphatic heterocycles. The topological polar surface area (TPSA) is 28.6 Å². The molecule has 4 aromatic rings. The minimum Gasteiger partial charge on any atom is -0.478 e. The molecule has 3 aromatic carbocycles. The number of rotatable bonds is 8. The van der Waals surface area contributed by atoms with E-state index in [0.717, 1.165) is 50.0 Å². The number of ether oxygens (including phenoxy) is 1.